The Kier molecular flexibility index (Phi) is 6.96. The summed E-state index contributed by atoms with van der Waals surface area (Å²) < 4.78 is 11.0. The Morgan fingerprint density at radius 1 is 1.28 bits per heavy atom. The minimum Gasteiger partial charge on any atom is -0.468 e. The van der Waals surface area contributed by atoms with Crippen LogP contribution in [0.2, 0.25) is 0 Å². The van der Waals surface area contributed by atoms with Crippen molar-refractivity contribution in [3.63, 3.8) is 0 Å². The highest BCUT2D eigenvalue weighted by Crippen LogP contribution is 2.17. The number of carbonyl (C=O) groups is 2. The van der Waals surface area contributed by atoms with Gasteiger partial charge in [0.2, 0.25) is 5.91 Å². The summed E-state index contributed by atoms with van der Waals surface area (Å²) in [6, 6.07) is 7.04. The van der Waals surface area contributed by atoms with E-state index in [4.69, 9.17) is 4.74 Å². The van der Waals surface area contributed by atoms with Crippen LogP contribution in [0.1, 0.15) is 0 Å². The van der Waals surface area contributed by atoms with Crippen molar-refractivity contribution in [3.05, 3.63) is 34.6 Å². The third kappa shape index (κ3) is 5.04. The summed E-state index contributed by atoms with van der Waals surface area (Å²) in [6.07, 6.45) is 0. The Morgan fingerprint density at radius 3 is 2.76 bits per heavy atom. The lowest BCUT2D eigenvalue weighted by Gasteiger charge is -2.12. The Bertz CT molecular complexity index is 821. The molecule has 0 aliphatic rings. The number of amides is 1. The number of para-hydroxylation sites is 1. The van der Waals surface area contributed by atoms with Crippen LogP contribution in [0, 0.1) is 0 Å². The topological polar surface area (TPSA) is 99.5 Å². The molecule has 0 fully saturated rings. The number of carbonyl (C=O) groups excluding carboxylic acids is 2. The fourth-order valence-electron chi connectivity index (χ4n) is 2.06. The molecule has 134 valence electrons. The number of nitrogens with zero attached hydrogens (tertiary/aromatic N) is 2. The first kappa shape index (κ1) is 18.9. The molecule has 0 atom stereocenters. The van der Waals surface area contributed by atoms with Gasteiger partial charge >= 0.3 is 5.97 Å². The van der Waals surface area contributed by atoms with Crippen molar-refractivity contribution in [1.29, 1.82) is 0 Å². The van der Waals surface area contributed by atoms with Crippen LogP contribution >= 0.6 is 11.8 Å². The minimum absolute atomic E-state index is 0.0226. The van der Waals surface area contributed by atoms with Crippen molar-refractivity contribution >= 4 is 34.5 Å². The van der Waals surface area contributed by atoms with Gasteiger partial charge in [-0.25, -0.2) is 4.98 Å². The Hall–Kier alpha value is -2.39. The molecule has 9 heteroatoms. The number of hydrogen-bond acceptors (Lipinski definition) is 7. The van der Waals surface area contributed by atoms with Gasteiger partial charge < -0.3 is 14.8 Å². The second-order valence-electron chi connectivity index (χ2n) is 5.00. The van der Waals surface area contributed by atoms with Crippen LogP contribution in [-0.2, 0) is 25.6 Å². The zero-order valence-corrected chi connectivity index (χ0v) is 14.8. The standard InChI is InChI=1S/C16H19N3O5S/c1-23-8-7-19-15(22)11-5-3-4-6-12(11)18-16(19)25-10-13(20)17-9-14(21)24-2/h3-6H,7-10H2,1-2H3,(H,17,20). The normalized spacial score (nSPS) is 10.6. The number of ether oxygens (including phenoxy) is 2. The van der Waals surface area contributed by atoms with E-state index >= 15 is 0 Å². The van der Waals surface area contributed by atoms with Crippen molar-refractivity contribution in [1.82, 2.24) is 14.9 Å². The van der Waals surface area contributed by atoms with Gasteiger partial charge in [0.15, 0.2) is 5.16 Å². The highest BCUT2D eigenvalue weighted by atomic mass is 32.2. The van der Waals surface area contributed by atoms with Crippen LogP contribution in [0.15, 0.2) is 34.2 Å². The SMILES string of the molecule is COCCn1c(SCC(=O)NCC(=O)OC)nc2ccccc2c1=O. The molecule has 0 unspecified atom stereocenters. The second-order valence-corrected chi connectivity index (χ2v) is 5.95. The molecule has 0 aliphatic heterocycles. The summed E-state index contributed by atoms with van der Waals surface area (Å²) in [5.41, 5.74) is 0.388. The molecule has 25 heavy (non-hydrogen) atoms. The molecule has 0 spiro atoms. The van der Waals surface area contributed by atoms with E-state index in [2.05, 4.69) is 15.0 Å². The average molecular weight is 365 g/mol. The Balaban J connectivity index is 2.19. The van der Waals surface area contributed by atoms with Crippen molar-refractivity contribution < 1.29 is 19.1 Å². The fraction of sp³-hybridized carbons (Fsp3) is 0.375. The van der Waals surface area contributed by atoms with Crippen LogP contribution in [0.25, 0.3) is 10.9 Å². The lowest BCUT2D eigenvalue weighted by Crippen LogP contribution is -2.32. The van der Waals surface area contributed by atoms with E-state index in [0.29, 0.717) is 29.2 Å². The summed E-state index contributed by atoms with van der Waals surface area (Å²) in [5, 5.41) is 3.38. The largest absolute Gasteiger partial charge is 0.468 e. The molecule has 0 saturated carbocycles. The van der Waals surface area contributed by atoms with Crippen molar-refractivity contribution in [2.24, 2.45) is 0 Å². The summed E-state index contributed by atoms with van der Waals surface area (Å²) in [5.74, 6) is -0.857. The number of aromatic nitrogens is 2. The van der Waals surface area contributed by atoms with Crippen LogP contribution in [0.5, 0.6) is 0 Å². The predicted octanol–water partition coefficient (Wildman–Crippen LogP) is 0.424. The van der Waals surface area contributed by atoms with E-state index in [-0.39, 0.29) is 23.8 Å². The quantitative estimate of drug-likeness (QED) is 0.411. The number of methoxy groups -OCH3 is 2. The zero-order chi connectivity index (χ0) is 18.2. The van der Waals surface area contributed by atoms with E-state index in [1.54, 1.807) is 31.4 Å². The first-order valence-electron chi connectivity index (χ1n) is 7.51. The molecule has 1 aromatic heterocycles. The maximum atomic E-state index is 12.6. The van der Waals surface area contributed by atoms with Gasteiger partial charge in [-0.3, -0.25) is 19.0 Å². The first-order chi connectivity index (χ1) is 12.1. The number of hydrogen-bond donors (Lipinski definition) is 1. The number of nitrogens with one attached hydrogen (secondary N) is 1. The maximum absolute atomic E-state index is 12.6. The van der Waals surface area contributed by atoms with Crippen molar-refractivity contribution in [2.75, 3.05) is 33.1 Å². The van der Waals surface area contributed by atoms with E-state index in [9.17, 15) is 14.4 Å². The zero-order valence-electron chi connectivity index (χ0n) is 14.0. The summed E-state index contributed by atoms with van der Waals surface area (Å²) in [4.78, 5) is 40.0. The van der Waals surface area contributed by atoms with E-state index in [0.717, 1.165) is 11.8 Å². The van der Waals surface area contributed by atoms with Gasteiger partial charge in [-0.1, -0.05) is 23.9 Å². The molecule has 8 nitrogen and oxygen atoms in total. The average Bonchev–Trinajstić information content (AvgIpc) is 2.63. The van der Waals surface area contributed by atoms with Gasteiger partial charge in [0.05, 0.1) is 36.9 Å². The highest BCUT2D eigenvalue weighted by molar-refractivity contribution is 7.99. The second kappa shape index (κ2) is 9.19. The molecule has 2 aromatic rings. The van der Waals surface area contributed by atoms with Gasteiger partial charge in [0, 0.05) is 7.11 Å². The van der Waals surface area contributed by atoms with E-state index < -0.39 is 5.97 Å². The number of fused-ring (bicyclic) bond motifs is 1. The number of rotatable bonds is 8. The molecule has 0 radical (unpaired) electrons. The van der Waals surface area contributed by atoms with E-state index in [1.165, 1.54) is 11.7 Å². The maximum Gasteiger partial charge on any atom is 0.325 e. The third-order valence-corrected chi connectivity index (χ3v) is 4.31. The molecule has 1 heterocycles. The number of thioether (sulfide) groups is 1. The monoisotopic (exact) mass is 365 g/mol. The van der Waals surface area contributed by atoms with Crippen LogP contribution in [0.4, 0.5) is 0 Å². The third-order valence-electron chi connectivity index (χ3n) is 3.34. The van der Waals surface area contributed by atoms with Gasteiger partial charge in [0.25, 0.3) is 5.56 Å². The first-order valence-corrected chi connectivity index (χ1v) is 8.50. The predicted molar refractivity (Wildman–Crippen MR) is 93.6 cm³/mol. The molecule has 0 bridgehead atoms. The lowest BCUT2D eigenvalue weighted by atomic mass is 10.2. The number of benzene rings is 1. The molecule has 1 N–H and O–H groups in total. The summed E-state index contributed by atoms with van der Waals surface area (Å²) in [6.45, 7) is 0.485. The minimum atomic E-state index is -0.529. The van der Waals surface area contributed by atoms with Gasteiger partial charge in [-0.05, 0) is 12.1 Å². The Labute approximate surface area is 148 Å². The summed E-state index contributed by atoms with van der Waals surface area (Å²) >= 11 is 1.13. The van der Waals surface area contributed by atoms with Crippen LogP contribution < -0.4 is 10.9 Å². The van der Waals surface area contributed by atoms with Gasteiger partial charge in [-0.2, -0.15) is 0 Å². The molecule has 1 aromatic carbocycles. The molecule has 0 saturated heterocycles. The molecular formula is C16H19N3O5S. The molecular weight excluding hydrogens is 346 g/mol. The molecule has 2 rings (SSSR count). The summed E-state index contributed by atoms with van der Waals surface area (Å²) in [7, 11) is 2.79. The molecule has 0 aliphatic carbocycles. The van der Waals surface area contributed by atoms with E-state index in [1.807, 2.05) is 0 Å². The van der Waals surface area contributed by atoms with Crippen LogP contribution in [0.3, 0.4) is 0 Å². The van der Waals surface area contributed by atoms with Gasteiger partial charge in [-0.15, -0.1) is 0 Å². The highest BCUT2D eigenvalue weighted by Gasteiger charge is 2.13. The van der Waals surface area contributed by atoms with Crippen molar-refractivity contribution in [3.8, 4) is 0 Å². The van der Waals surface area contributed by atoms with Gasteiger partial charge in [0.1, 0.15) is 6.54 Å². The lowest BCUT2D eigenvalue weighted by molar-refractivity contribution is -0.140. The molecule has 1 amide bonds. The number of esters is 1. The van der Waals surface area contributed by atoms with Crippen LogP contribution in [-0.4, -0.2) is 54.6 Å². The van der Waals surface area contributed by atoms with Crippen molar-refractivity contribution in [2.45, 2.75) is 11.7 Å². The fourth-order valence-corrected chi connectivity index (χ4v) is 2.92. The Morgan fingerprint density at radius 2 is 2.04 bits per heavy atom. The smallest absolute Gasteiger partial charge is 0.325 e.